The highest BCUT2D eigenvalue weighted by Gasteiger charge is 2.41. The van der Waals surface area contributed by atoms with Crippen molar-refractivity contribution >= 4 is 27.7 Å². The Morgan fingerprint density at radius 1 is 0.933 bits per heavy atom. The van der Waals surface area contributed by atoms with Crippen molar-refractivity contribution in [3.05, 3.63) is 83.2 Å². The number of carbonyl (C=O) groups excluding carboxylic acids is 3. The molecule has 9 nitrogen and oxygen atoms in total. The highest BCUT2D eigenvalue weighted by molar-refractivity contribution is 7.89. The van der Waals surface area contributed by atoms with Crippen LogP contribution in [-0.2, 0) is 35.6 Å². The summed E-state index contributed by atoms with van der Waals surface area (Å²) in [6.45, 7) is 14.8. The van der Waals surface area contributed by atoms with Crippen molar-refractivity contribution in [3.8, 4) is 0 Å². The van der Waals surface area contributed by atoms with Crippen molar-refractivity contribution in [1.82, 2.24) is 20.3 Å². The van der Waals surface area contributed by atoms with Crippen LogP contribution in [0.3, 0.4) is 0 Å². The van der Waals surface area contributed by atoms with Crippen LogP contribution in [0.1, 0.15) is 66.5 Å². The molecular weight excluding hydrogens is 595 g/mol. The summed E-state index contributed by atoms with van der Waals surface area (Å²) in [5.74, 6) is -2.66. The molecule has 0 aromatic heterocycles. The number of nitrogens with one attached hydrogen (secondary N) is 3. The fourth-order valence-corrected chi connectivity index (χ4v) is 6.37. The Morgan fingerprint density at radius 3 is 1.98 bits per heavy atom. The zero-order chi connectivity index (χ0) is 34.3. The molecule has 11 heteroatoms. The maximum atomic E-state index is 14.0. The van der Waals surface area contributed by atoms with Crippen LogP contribution in [0.2, 0.25) is 0 Å². The third kappa shape index (κ3) is 10.2. The molecular formula is C34H49FN4O5S. The molecule has 0 spiro atoms. The van der Waals surface area contributed by atoms with Crippen molar-refractivity contribution in [1.29, 1.82) is 0 Å². The maximum absolute atomic E-state index is 14.0. The molecule has 3 amide bonds. The van der Waals surface area contributed by atoms with Crippen molar-refractivity contribution in [2.24, 2.45) is 11.3 Å². The van der Waals surface area contributed by atoms with Gasteiger partial charge in [0, 0.05) is 18.0 Å². The molecule has 0 unspecified atom stereocenters. The van der Waals surface area contributed by atoms with E-state index in [4.69, 9.17) is 0 Å². The van der Waals surface area contributed by atoms with Gasteiger partial charge in [-0.2, -0.15) is 0 Å². The summed E-state index contributed by atoms with van der Waals surface area (Å²) < 4.78 is 40.5. The lowest BCUT2D eigenvalue weighted by atomic mass is 9.76. The van der Waals surface area contributed by atoms with Gasteiger partial charge in [0.05, 0.1) is 17.8 Å². The molecule has 2 rings (SSSR count). The Bertz CT molecular complexity index is 1470. The van der Waals surface area contributed by atoms with Crippen LogP contribution in [0.4, 0.5) is 4.39 Å². The van der Waals surface area contributed by atoms with Gasteiger partial charge in [-0.25, -0.2) is 17.5 Å². The van der Waals surface area contributed by atoms with Gasteiger partial charge in [0.2, 0.25) is 21.8 Å². The van der Waals surface area contributed by atoms with Gasteiger partial charge in [0.25, 0.3) is 5.91 Å². The number of hydrogen-bond donors (Lipinski definition) is 3. The minimum absolute atomic E-state index is 0.104. The molecule has 2 aromatic rings. The number of rotatable bonds is 13. The summed E-state index contributed by atoms with van der Waals surface area (Å²) in [4.78, 5) is 42.2. The molecule has 2 aromatic carbocycles. The summed E-state index contributed by atoms with van der Waals surface area (Å²) in [5.41, 5.74) is 0.136. The van der Waals surface area contributed by atoms with E-state index in [0.29, 0.717) is 5.56 Å². The fourth-order valence-electron chi connectivity index (χ4n) is 5.22. The number of carbonyl (C=O) groups is 3. The van der Waals surface area contributed by atoms with Gasteiger partial charge in [-0.05, 0) is 48.6 Å². The zero-order valence-corrected chi connectivity index (χ0v) is 28.9. The molecule has 0 heterocycles. The number of amides is 3. The predicted molar refractivity (Wildman–Crippen MR) is 176 cm³/mol. The van der Waals surface area contributed by atoms with Crippen LogP contribution >= 0.6 is 0 Å². The highest BCUT2D eigenvalue weighted by atomic mass is 32.2. The van der Waals surface area contributed by atoms with E-state index >= 15 is 0 Å². The Hall–Kier alpha value is -3.57. The van der Waals surface area contributed by atoms with Gasteiger partial charge in [-0.3, -0.25) is 14.4 Å². The molecule has 45 heavy (non-hydrogen) atoms. The van der Waals surface area contributed by atoms with Crippen LogP contribution in [0, 0.1) is 17.2 Å². The quantitative estimate of drug-likeness (QED) is 0.280. The zero-order valence-electron chi connectivity index (χ0n) is 28.1. The number of hydrogen-bond acceptors (Lipinski definition) is 6. The van der Waals surface area contributed by atoms with Crippen LogP contribution in [0.15, 0.2) is 66.2 Å². The van der Waals surface area contributed by atoms with Crippen LogP contribution < -0.4 is 15.4 Å². The number of benzene rings is 2. The topological polar surface area (TPSA) is 125 Å². The lowest BCUT2D eigenvalue weighted by molar-refractivity contribution is -0.140. The van der Waals surface area contributed by atoms with E-state index in [2.05, 4.69) is 15.4 Å². The van der Waals surface area contributed by atoms with E-state index in [-0.39, 0.29) is 23.3 Å². The molecule has 0 saturated carbocycles. The SMILES string of the molecule is CN[C@H](C(=O)N[C@H](C(=O)N(C)[C@H](C=C(C)C(=O)NS(=O)(=O)Cc1ccc(F)cc1)C(C)C)C(C)(C)C)C(C)(C)c1ccccc1. The van der Waals surface area contributed by atoms with E-state index in [9.17, 15) is 27.2 Å². The lowest BCUT2D eigenvalue weighted by Crippen LogP contribution is -2.61. The van der Waals surface area contributed by atoms with Crippen LogP contribution in [0.5, 0.6) is 0 Å². The van der Waals surface area contributed by atoms with E-state index in [1.807, 2.05) is 78.8 Å². The van der Waals surface area contributed by atoms with Gasteiger partial charge in [-0.1, -0.05) is 97.0 Å². The fraction of sp³-hybridized carbons (Fsp3) is 0.500. The second-order valence-electron chi connectivity index (χ2n) is 13.5. The summed E-state index contributed by atoms with van der Waals surface area (Å²) >= 11 is 0. The minimum atomic E-state index is -4.07. The maximum Gasteiger partial charge on any atom is 0.260 e. The molecule has 0 aliphatic rings. The van der Waals surface area contributed by atoms with E-state index in [1.165, 1.54) is 24.0 Å². The lowest BCUT2D eigenvalue weighted by Gasteiger charge is -2.40. The molecule has 248 valence electrons. The Morgan fingerprint density at radius 2 is 1.49 bits per heavy atom. The van der Waals surface area contributed by atoms with E-state index < -0.39 is 56.5 Å². The van der Waals surface area contributed by atoms with E-state index in [0.717, 1.165) is 17.7 Å². The number of sulfonamides is 1. The molecule has 3 N–H and O–H groups in total. The molecule has 0 bridgehead atoms. The summed E-state index contributed by atoms with van der Waals surface area (Å²) in [6.07, 6.45) is 1.56. The van der Waals surface area contributed by atoms with Gasteiger partial charge >= 0.3 is 0 Å². The first-order valence-electron chi connectivity index (χ1n) is 15.0. The summed E-state index contributed by atoms with van der Waals surface area (Å²) in [7, 11) is -0.754. The van der Waals surface area contributed by atoms with Gasteiger partial charge < -0.3 is 15.5 Å². The highest BCUT2D eigenvalue weighted by Crippen LogP contribution is 2.29. The Kier molecular flexibility index (Phi) is 12.7. The molecule has 0 aliphatic carbocycles. The third-order valence-electron chi connectivity index (χ3n) is 7.96. The summed E-state index contributed by atoms with van der Waals surface area (Å²) in [6, 6.07) is 12.5. The number of nitrogens with zero attached hydrogens (tertiary/aromatic N) is 1. The van der Waals surface area contributed by atoms with Crippen LogP contribution in [0.25, 0.3) is 0 Å². The number of halogens is 1. The van der Waals surface area contributed by atoms with Crippen LogP contribution in [-0.4, -0.2) is 63.3 Å². The first kappa shape index (κ1) is 37.6. The van der Waals surface area contributed by atoms with Gasteiger partial charge in [-0.15, -0.1) is 0 Å². The predicted octanol–water partition coefficient (Wildman–Crippen LogP) is 4.30. The van der Waals surface area contributed by atoms with Gasteiger partial charge in [0.1, 0.15) is 11.9 Å². The van der Waals surface area contributed by atoms with Crippen molar-refractivity contribution in [2.45, 2.75) is 84.7 Å². The molecule has 3 atom stereocenters. The first-order valence-corrected chi connectivity index (χ1v) is 16.6. The molecule has 0 radical (unpaired) electrons. The summed E-state index contributed by atoms with van der Waals surface area (Å²) in [5, 5.41) is 6.12. The third-order valence-corrected chi connectivity index (χ3v) is 9.17. The molecule has 0 saturated heterocycles. The Labute approximate surface area is 268 Å². The first-order chi connectivity index (χ1) is 20.7. The minimum Gasteiger partial charge on any atom is -0.342 e. The monoisotopic (exact) mass is 644 g/mol. The van der Waals surface area contributed by atoms with Crippen molar-refractivity contribution in [2.75, 3.05) is 14.1 Å². The Balaban J connectivity index is 2.29. The standard InChI is InChI=1S/C34H49FN4O5S/c1-22(2)27(20-23(3)30(40)38-45(43,44)21-24-16-18-26(35)19-17-24)39(10)32(42)29(33(4,5)6)37-31(41)28(36-9)34(7,8)25-14-12-11-13-15-25/h11-20,22,27-29,36H,21H2,1-10H3,(H,37,41)(H,38,40)/t27-,28-,29-/m1/s1. The smallest absolute Gasteiger partial charge is 0.260 e. The number of likely N-dealkylation sites (N-methyl/N-ethyl adjacent to an activating group) is 2. The van der Waals surface area contributed by atoms with Crippen molar-refractivity contribution in [3.63, 3.8) is 0 Å². The van der Waals surface area contributed by atoms with Gasteiger partial charge in [0.15, 0.2) is 0 Å². The van der Waals surface area contributed by atoms with E-state index in [1.54, 1.807) is 20.2 Å². The molecule has 0 aliphatic heterocycles. The largest absolute Gasteiger partial charge is 0.342 e. The second-order valence-corrected chi connectivity index (χ2v) is 15.2. The molecule has 0 fully saturated rings. The average molecular weight is 645 g/mol. The normalized spacial score (nSPS) is 14.8. The average Bonchev–Trinajstić information content (AvgIpc) is 2.94. The second kappa shape index (κ2) is 15.1. The van der Waals surface area contributed by atoms with Crippen molar-refractivity contribution < 1.29 is 27.2 Å².